The lowest BCUT2D eigenvalue weighted by Crippen LogP contribution is -2.47. The van der Waals surface area contributed by atoms with E-state index in [0.717, 1.165) is 25.0 Å². The van der Waals surface area contributed by atoms with Crippen LogP contribution in [0.25, 0.3) is 0 Å². The highest BCUT2D eigenvalue weighted by Gasteiger charge is 2.28. The van der Waals surface area contributed by atoms with Crippen molar-refractivity contribution in [3.63, 3.8) is 0 Å². The van der Waals surface area contributed by atoms with Gasteiger partial charge in [0.05, 0.1) is 17.0 Å². The van der Waals surface area contributed by atoms with Crippen molar-refractivity contribution in [3.8, 4) is 0 Å². The largest absolute Gasteiger partial charge is 0.349 e. The fraction of sp³-hybridized carbons (Fsp3) is 0.526. The summed E-state index contributed by atoms with van der Waals surface area (Å²) in [5.74, 6) is -3.33. The summed E-state index contributed by atoms with van der Waals surface area (Å²) in [6.45, 7) is 2.02. The SMILES string of the molecule is CCCCCC(NC(=O)C1CCC(=O)NC(=O)NC1)c1c(F)ccc(Cl)c1F. The van der Waals surface area contributed by atoms with Gasteiger partial charge in [-0.15, -0.1) is 0 Å². The maximum atomic E-state index is 14.5. The van der Waals surface area contributed by atoms with Crippen molar-refractivity contribution in [2.75, 3.05) is 6.54 Å². The second-order valence-electron chi connectivity index (χ2n) is 6.81. The Kier molecular flexibility index (Phi) is 8.17. The van der Waals surface area contributed by atoms with Gasteiger partial charge in [-0.2, -0.15) is 0 Å². The number of hydrogen-bond donors (Lipinski definition) is 3. The van der Waals surface area contributed by atoms with Gasteiger partial charge in [-0.1, -0.05) is 37.8 Å². The van der Waals surface area contributed by atoms with Crippen LogP contribution in [-0.4, -0.2) is 24.4 Å². The van der Waals surface area contributed by atoms with Crippen molar-refractivity contribution in [1.82, 2.24) is 16.0 Å². The molecule has 0 bridgehead atoms. The molecule has 0 aromatic heterocycles. The first-order valence-electron chi connectivity index (χ1n) is 9.34. The number of rotatable bonds is 7. The van der Waals surface area contributed by atoms with E-state index >= 15 is 0 Å². The minimum Gasteiger partial charge on any atom is -0.349 e. The van der Waals surface area contributed by atoms with Crippen molar-refractivity contribution >= 4 is 29.4 Å². The Morgan fingerprint density at radius 2 is 2.07 bits per heavy atom. The van der Waals surface area contributed by atoms with Crippen LogP contribution in [0, 0.1) is 17.6 Å². The fourth-order valence-corrected chi connectivity index (χ4v) is 3.28. The van der Waals surface area contributed by atoms with Crippen LogP contribution in [0.15, 0.2) is 12.1 Å². The predicted molar refractivity (Wildman–Crippen MR) is 101 cm³/mol. The summed E-state index contributed by atoms with van der Waals surface area (Å²) in [7, 11) is 0. The van der Waals surface area contributed by atoms with Crippen LogP contribution in [0.4, 0.5) is 13.6 Å². The maximum absolute atomic E-state index is 14.5. The Balaban J connectivity index is 2.20. The molecule has 1 aliphatic rings. The molecule has 2 rings (SSSR count). The quantitative estimate of drug-likeness (QED) is 0.469. The zero-order valence-corrected chi connectivity index (χ0v) is 16.4. The Hall–Kier alpha value is -2.22. The summed E-state index contributed by atoms with van der Waals surface area (Å²) in [6, 6.07) is 0.630. The molecule has 2 atom stereocenters. The molecule has 0 spiro atoms. The van der Waals surface area contributed by atoms with Crippen molar-refractivity contribution in [3.05, 3.63) is 34.4 Å². The molecule has 3 N–H and O–H groups in total. The second-order valence-corrected chi connectivity index (χ2v) is 7.21. The standard InChI is InChI=1S/C19H24ClF2N3O3/c1-2-3-4-5-14(16-13(21)8-7-12(20)17(16)22)24-18(27)11-6-9-15(26)25-19(28)23-10-11/h7-8,11,14H,2-6,9-10H2,1H3,(H,24,27)(H2,23,25,26,28). The van der Waals surface area contributed by atoms with Gasteiger partial charge in [0.1, 0.15) is 11.6 Å². The Bertz CT molecular complexity index is 727. The molecule has 0 saturated carbocycles. The van der Waals surface area contributed by atoms with Crippen LogP contribution < -0.4 is 16.0 Å². The first kappa shape index (κ1) is 22.1. The van der Waals surface area contributed by atoms with Crippen molar-refractivity contribution in [1.29, 1.82) is 0 Å². The van der Waals surface area contributed by atoms with Crippen LogP contribution in [0.2, 0.25) is 5.02 Å². The van der Waals surface area contributed by atoms with Gasteiger partial charge in [0.15, 0.2) is 0 Å². The fourth-order valence-electron chi connectivity index (χ4n) is 3.12. The van der Waals surface area contributed by atoms with Gasteiger partial charge in [0, 0.05) is 18.5 Å². The molecule has 0 radical (unpaired) electrons. The Morgan fingerprint density at radius 1 is 1.32 bits per heavy atom. The summed E-state index contributed by atoms with van der Waals surface area (Å²) >= 11 is 5.80. The molecule has 6 nitrogen and oxygen atoms in total. The molecular formula is C19H24ClF2N3O3. The smallest absolute Gasteiger partial charge is 0.321 e. The van der Waals surface area contributed by atoms with Gasteiger partial charge < -0.3 is 10.6 Å². The molecule has 1 aromatic rings. The second kappa shape index (κ2) is 10.4. The van der Waals surface area contributed by atoms with Gasteiger partial charge in [0.2, 0.25) is 11.8 Å². The molecule has 1 fully saturated rings. The van der Waals surface area contributed by atoms with Gasteiger partial charge in [0.25, 0.3) is 0 Å². The molecule has 1 saturated heterocycles. The molecule has 154 valence electrons. The van der Waals surface area contributed by atoms with Gasteiger partial charge in [-0.25, -0.2) is 13.6 Å². The lowest BCUT2D eigenvalue weighted by Gasteiger charge is -2.25. The Labute approximate surface area is 167 Å². The van der Waals surface area contributed by atoms with Crippen LogP contribution >= 0.6 is 11.6 Å². The van der Waals surface area contributed by atoms with E-state index in [-0.39, 0.29) is 30.0 Å². The van der Waals surface area contributed by atoms with E-state index in [1.54, 1.807) is 0 Å². The van der Waals surface area contributed by atoms with Crippen LogP contribution in [0.3, 0.4) is 0 Å². The lowest BCUT2D eigenvalue weighted by atomic mass is 9.96. The lowest BCUT2D eigenvalue weighted by molar-refractivity contribution is -0.126. The summed E-state index contributed by atoms with van der Waals surface area (Å²) < 4.78 is 28.8. The molecule has 1 heterocycles. The number of amides is 4. The van der Waals surface area contributed by atoms with E-state index in [1.165, 1.54) is 0 Å². The topological polar surface area (TPSA) is 87.3 Å². The third-order valence-electron chi connectivity index (χ3n) is 4.69. The van der Waals surface area contributed by atoms with E-state index in [9.17, 15) is 23.2 Å². The third-order valence-corrected chi connectivity index (χ3v) is 4.99. The number of halogens is 3. The first-order valence-corrected chi connectivity index (χ1v) is 9.72. The Morgan fingerprint density at radius 3 is 2.79 bits per heavy atom. The van der Waals surface area contributed by atoms with Crippen molar-refractivity contribution in [2.45, 2.75) is 51.5 Å². The van der Waals surface area contributed by atoms with Crippen molar-refractivity contribution < 1.29 is 23.2 Å². The highest BCUT2D eigenvalue weighted by molar-refractivity contribution is 6.30. The van der Waals surface area contributed by atoms with E-state index < -0.39 is 41.4 Å². The minimum atomic E-state index is -0.896. The number of carbonyl (C=O) groups is 3. The van der Waals surface area contributed by atoms with E-state index in [2.05, 4.69) is 16.0 Å². The molecule has 0 aliphatic carbocycles. The van der Waals surface area contributed by atoms with Gasteiger partial charge >= 0.3 is 6.03 Å². The van der Waals surface area contributed by atoms with E-state index in [4.69, 9.17) is 11.6 Å². The number of benzene rings is 1. The number of unbranched alkanes of at least 4 members (excludes halogenated alkanes) is 2. The molecule has 9 heteroatoms. The summed E-state index contributed by atoms with van der Waals surface area (Å²) in [5, 5.41) is 7.04. The highest BCUT2D eigenvalue weighted by atomic mass is 35.5. The predicted octanol–water partition coefficient (Wildman–Crippen LogP) is 3.59. The molecule has 1 aromatic carbocycles. The van der Waals surface area contributed by atoms with Crippen LogP contribution in [0.1, 0.15) is 57.1 Å². The number of imide groups is 1. The number of nitrogens with one attached hydrogen (secondary N) is 3. The monoisotopic (exact) mass is 415 g/mol. The normalized spacial score (nSPS) is 18.5. The zero-order valence-electron chi connectivity index (χ0n) is 15.6. The molecule has 1 aliphatic heterocycles. The number of carbonyl (C=O) groups excluding carboxylic acids is 3. The summed E-state index contributed by atoms with van der Waals surface area (Å²) in [5.41, 5.74) is -0.274. The number of urea groups is 1. The minimum absolute atomic E-state index is 0.00585. The number of hydrogen-bond acceptors (Lipinski definition) is 3. The summed E-state index contributed by atoms with van der Waals surface area (Å²) in [4.78, 5) is 35.7. The van der Waals surface area contributed by atoms with Crippen LogP contribution in [-0.2, 0) is 9.59 Å². The van der Waals surface area contributed by atoms with Gasteiger partial charge in [-0.3, -0.25) is 14.9 Å². The van der Waals surface area contributed by atoms with E-state index in [1.807, 2.05) is 6.92 Å². The highest BCUT2D eigenvalue weighted by Crippen LogP contribution is 2.30. The van der Waals surface area contributed by atoms with Gasteiger partial charge in [-0.05, 0) is 25.0 Å². The third kappa shape index (κ3) is 5.89. The maximum Gasteiger partial charge on any atom is 0.321 e. The molecular weight excluding hydrogens is 392 g/mol. The average molecular weight is 416 g/mol. The summed E-state index contributed by atoms with van der Waals surface area (Å²) in [6.07, 6.45) is 2.97. The molecule has 4 amide bonds. The average Bonchev–Trinajstić information content (AvgIpc) is 2.63. The first-order chi connectivity index (χ1) is 13.3. The molecule has 28 heavy (non-hydrogen) atoms. The zero-order chi connectivity index (χ0) is 20.7. The van der Waals surface area contributed by atoms with E-state index in [0.29, 0.717) is 12.8 Å². The van der Waals surface area contributed by atoms with Crippen LogP contribution in [0.5, 0.6) is 0 Å². The molecule has 2 unspecified atom stereocenters. The van der Waals surface area contributed by atoms with Crippen molar-refractivity contribution in [2.24, 2.45) is 5.92 Å².